The Balaban J connectivity index is 2.14. The number of rotatable bonds is 4. The molecule has 0 saturated heterocycles. The maximum atomic E-state index is 12.0. The van der Waals surface area contributed by atoms with Gasteiger partial charge in [0.05, 0.1) is 4.90 Å². The van der Waals surface area contributed by atoms with Gasteiger partial charge in [0.25, 0.3) is 0 Å². The van der Waals surface area contributed by atoms with Crippen LogP contribution >= 0.6 is 11.6 Å². The standard InChI is InChI=1S/C13H13ClN2O2S/c14-11-4-2-6-13(8-11)19(17,18)16-9-10-3-1-5-12(15)7-10/h1-8,16H,9,15H2. The Kier molecular flexibility index (Phi) is 4.09. The minimum absolute atomic E-state index is 0.143. The van der Waals surface area contributed by atoms with Crippen LogP contribution in [0.5, 0.6) is 0 Å². The summed E-state index contributed by atoms with van der Waals surface area (Å²) >= 11 is 5.78. The molecule has 0 radical (unpaired) electrons. The van der Waals surface area contributed by atoms with Gasteiger partial charge in [0.2, 0.25) is 10.0 Å². The molecule has 0 bridgehead atoms. The van der Waals surface area contributed by atoms with Gasteiger partial charge >= 0.3 is 0 Å². The van der Waals surface area contributed by atoms with Crippen molar-refractivity contribution in [1.29, 1.82) is 0 Å². The summed E-state index contributed by atoms with van der Waals surface area (Å²) < 4.78 is 26.6. The van der Waals surface area contributed by atoms with Gasteiger partial charge in [-0.1, -0.05) is 29.8 Å². The smallest absolute Gasteiger partial charge is 0.240 e. The van der Waals surface area contributed by atoms with Crippen molar-refractivity contribution in [3.63, 3.8) is 0 Å². The topological polar surface area (TPSA) is 72.2 Å². The van der Waals surface area contributed by atoms with Crippen LogP contribution in [0.3, 0.4) is 0 Å². The van der Waals surface area contributed by atoms with Crippen molar-refractivity contribution < 1.29 is 8.42 Å². The molecule has 0 atom stereocenters. The van der Waals surface area contributed by atoms with E-state index >= 15 is 0 Å². The second kappa shape index (κ2) is 5.61. The van der Waals surface area contributed by atoms with Crippen molar-refractivity contribution in [3.05, 3.63) is 59.1 Å². The Morgan fingerprint density at radius 2 is 1.84 bits per heavy atom. The number of nitrogens with two attached hydrogens (primary N) is 1. The van der Waals surface area contributed by atoms with E-state index in [1.165, 1.54) is 12.1 Å². The summed E-state index contributed by atoms with van der Waals surface area (Å²) in [5.74, 6) is 0. The molecule has 0 unspecified atom stereocenters. The first kappa shape index (κ1) is 13.9. The normalized spacial score (nSPS) is 11.4. The second-order valence-corrected chi connectivity index (χ2v) is 6.23. The number of hydrogen-bond donors (Lipinski definition) is 2. The zero-order valence-electron chi connectivity index (χ0n) is 10.0. The van der Waals surface area contributed by atoms with Gasteiger partial charge in [-0.15, -0.1) is 0 Å². The summed E-state index contributed by atoms with van der Waals surface area (Å²) in [7, 11) is -3.57. The molecule has 2 aromatic carbocycles. The molecule has 0 aliphatic carbocycles. The number of nitrogen functional groups attached to an aromatic ring is 1. The molecule has 0 saturated carbocycles. The molecule has 0 heterocycles. The Morgan fingerprint density at radius 3 is 2.53 bits per heavy atom. The first-order valence-electron chi connectivity index (χ1n) is 5.57. The van der Waals surface area contributed by atoms with Crippen LogP contribution in [0.1, 0.15) is 5.56 Å². The predicted octanol–water partition coefficient (Wildman–Crippen LogP) is 2.40. The molecule has 3 N–H and O–H groups in total. The van der Waals surface area contributed by atoms with E-state index in [4.69, 9.17) is 17.3 Å². The van der Waals surface area contributed by atoms with Crippen molar-refractivity contribution >= 4 is 27.3 Å². The maximum absolute atomic E-state index is 12.0. The van der Waals surface area contributed by atoms with Crippen molar-refractivity contribution in [2.45, 2.75) is 11.4 Å². The largest absolute Gasteiger partial charge is 0.399 e. The van der Waals surface area contributed by atoms with Gasteiger partial charge in [-0.3, -0.25) is 0 Å². The first-order chi connectivity index (χ1) is 8.97. The Morgan fingerprint density at radius 1 is 1.11 bits per heavy atom. The average Bonchev–Trinajstić information content (AvgIpc) is 2.37. The molecule has 100 valence electrons. The Labute approximate surface area is 117 Å². The third-order valence-electron chi connectivity index (χ3n) is 2.52. The van der Waals surface area contributed by atoms with Crippen LogP contribution in [0.4, 0.5) is 5.69 Å². The fourth-order valence-electron chi connectivity index (χ4n) is 1.60. The lowest BCUT2D eigenvalue weighted by Crippen LogP contribution is -2.23. The molecule has 0 amide bonds. The van der Waals surface area contributed by atoms with Crippen LogP contribution in [-0.4, -0.2) is 8.42 Å². The van der Waals surface area contributed by atoms with Gasteiger partial charge in [-0.05, 0) is 35.9 Å². The highest BCUT2D eigenvalue weighted by Gasteiger charge is 2.13. The highest BCUT2D eigenvalue weighted by atomic mass is 35.5. The van der Waals surface area contributed by atoms with E-state index in [2.05, 4.69) is 4.72 Å². The van der Waals surface area contributed by atoms with Crippen molar-refractivity contribution in [2.24, 2.45) is 0 Å². The number of nitrogens with one attached hydrogen (secondary N) is 1. The highest BCUT2D eigenvalue weighted by molar-refractivity contribution is 7.89. The number of anilines is 1. The predicted molar refractivity (Wildman–Crippen MR) is 76.3 cm³/mol. The van der Waals surface area contributed by atoms with E-state index in [9.17, 15) is 8.42 Å². The Bertz CT molecular complexity index is 687. The average molecular weight is 297 g/mol. The van der Waals surface area contributed by atoms with E-state index in [1.54, 1.807) is 36.4 Å². The summed E-state index contributed by atoms with van der Waals surface area (Å²) in [6.45, 7) is 0.180. The third kappa shape index (κ3) is 3.70. The highest BCUT2D eigenvalue weighted by Crippen LogP contribution is 2.16. The molecule has 6 heteroatoms. The molecule has 0 aromatic heterocycles. The molecule has 4 nitrogen and oxygen atoms in total. The molecule has 0 aliphatic heterocycles. The molecular weight excluding hydrogens is 284 g/mol. The fraction of sp³-hybridized carbons (Fsp3) is 0.0769. The fourth-order valence-corrected chi connectivity index (χ4v) is 2.92. The van der Waals surface area contributed by atoms with Gasteiger partial charge in [0, 0.05) is 17.3 Å². The van der Waals surface area contributed by atoms with E-state index in [1.807, 2.05) is 0 Å². The molecular formula is C13H13ClN2O2S. The lowest BCUT2D eigenvalue weighted by molar-refractivity contribution is 0.581. The van der Waals surface area contributed by atoms with Gasteiger partial charge in [0.15, 0.2) is 0 Å². The molecule has 19 heavy (non-hydrogen) atoms. The zero-order chi connectivity index (χ0) is 13.9. The van der Waals surface area contributed by atoms with Gasteiger partial charge in [0.1, 0.15) is 0 Å². The SMILES string of the molecule is Nc1cccc(CNS(=O)(=O)c2cccc(Cl)c2)c1. The summed E-state index contributed by atoms with van der Waals surface area (Å²) in [6.07, 6.45) is 0. The number of benzene rings is 2. The van der Waals surface area contributed by atoms with Crippen molar-refractivity contribution in [3.8, 4) is 0 Å². The van der Waals surface area contributed by atoms with E-state index in [-0.39, 0.29) is 11.4 Å². The number of sulfonamides is 1. The molecule has 0 fully saturated rings. The summed E-state index contributed by atoms with van der Waals surface area (Å²) in [4.78, 5) is 0.143. The minimum atomic E-state index is -3.57. The summed E-state index contributed by atoms with van der Waals surface area (Å²) in [5.41, 5.74) is 7.03. The van der Waals surface area contributed by atoms with Crippen LogP contribution in [-0.2, 0) is 16.6 Å². The van der Waals surface area contributed by atoms with Crippen LogP contribution < -0.4 is 10.5 Å². The van der Waals surface area contributed by atoms with E-state index in [0.29, 0.717) is 10.7 Å². The quantitative estimate of drug-likeness (QED) is 0.851. The van der Waals surface area contributed by atoms with Crippen LogP contribution in [0.15, 0.2) is 53.4 Å². The number of hydrogen-bond acceptors (Lipinski definition) is 3. The van der Waals surface area contributed by atoms with Crippen LogP contribution in [0.2, 0.25) is 5.02 Å². The van der Waals surface area contributed by atoms with Gasteiger partial charge in [-0.25, -0.2) is 13.1 Å². The summed E-state index contributed by atoms with van der Waals surface area (Å²) in [6, 6.07) is 13.2. The van der Waals surface area contributed by atoms with Crippen LogP contribution in [0, 0.1) is 0 Å². The lowest BCUT2D eigenvalue weighted by Gasteiger charge is -2.07. The van der Waals surface area contributed by atoms with Crippen LogP contribution in [0.25, 0.3) is 0 Å². The first-order valence-corrected chi connectivity index (χ1v) is 7.43. The van der Waals surface area contributed by atoms with Crippen molar-refractivity contribution in [1.82, 2.24) is 4.72 Å². The molecule has 2 aromatic rings. The molecule has 0 spiro atoms. The lowest BCUT2D eigenvalue weighted by atomic mass is 10.2. The van der Waals surface area contributed by atoms with E-state index < -0.39 is 10.0 Å². The molecule has 0 aliphatic rings. The molecule has 2 rings (SSSR count). The van der Waals surface area contributed by atoms with E-state index in [0.717, 1.165) is 5.56 Å². The third-order valence-corrected chi connectivity index (χ3v) is 4.16. The maximum Gasteiger partial charge on any atom is 0.240 e. The van der Waals surface area contributed by atoms with Gasteiger partial charge < -0.3 is 5.73 Å². The minimum Gasteiger partial charge on any atom is -0.399 e. The number of halogens is 1. The summed E-state index contributed by atoms with van der Waals surface area (Å²) in [5, 5.41) is 0.381. The van der Waals surface area contributed by atoms with Crippen molar-refractivity contribution in [2.75, 3.05) is 5.73 Å². The van der Waals surface area contributed by atoms with Gasteiger partial charge in [-0.2, -0.15) is 0 Å². The zero-order valence-corrected chi connectivity index (χ0v) is 11.6. The second-order valence-electron chi connectivity index (χ2n) is 4.03. The Hall–Kier alpha value is -1.56. The monoisotopic (exact) mass is 296 g/mol.